The highest BCUT2D eigenvalue weighted by atomic mass is 19.1. The lowest BCUT2D eigenvalue weighted by Crippen LogP contribution is -2.12. The zero-order valence-electron chi connectivity index (χ0n) is 11.5. The average molecular weight is 283 g/mol. The summed E-state index contributed by atoms with van der Waals surface area (Å²) in [7, 11) is 1.76. The Morgan fingerprint density at radius 1 is 1.19 bits per heavy atom. The Balaban J connectivity index is 1.97. The second kappa shape index (κ2) is 5.36. The number of para-hydroxylation sites is 2. The van der Waals surface area contributed by atoms with Crippen molar-refractivity contribution in [2.45, 2.75) is 6.54 Å². The quantitative estimate of drug-likeness (QED) is 0.748. The molecule has 3 rings (SSSR count). The van der Waals surface area contributed by atoms with Crippen molar-refractivity contribution in [1.82, 2.24) is 9.55 Å². The van der Waals surface area contributed by atoms with Gasteiger partial charge in [0, 0.05) is 12.6 Å². The standard InChI is InChI=1S/C16H14FN3O/c1-18-16-19-13-4-2-3-5-14(13)20(16)10-15(21)11-6-8-12(17)9-7-11/h2-9H,10H2,1H3,(H,18,19). The van der Waals surface area contributed by atoms with E-state index in [9.17, 15) is 9.18 Å². The van der Waals surface area contributed by atoms with Crippen molar-refractivity contribution in [2.75, 3.05) is 12.4 Å². The first-order chi connectivity index (χ1) is 10.2. The maximum atomic E-state index is 12.9. The summed E-state index contributed by atoms with van der Waals surface area (Å²) in [4.78, 5) is 16.8. The van der Waals surface area contributed by atoms with E-state index in [-0.39, 0.29) is 18.1 Å². The number of carbonyl (C=O) groups is 1. The molecule has 0 atom stereocenters. The second-order valence-corrected chi connectivity index (χ2v) is 4.69. The van der Waals surface area contributed by atoms with Gasteiger partial charge in [0.25, 0.3) is 0 Å². The fraction of sp³-hybridized carbons (Fsp3) is 0.125. The van der Waals surface area contributed by atoms with Crippen LogP contribution in [0.3, 0.4) is 0 Å². The van der Waals surface area contributed by atoms with Crippen molar-refractivity contribution in [3.8, 4) is 0 Å². The predicted molar refractivity (Wildman–Crippen MR) is 80.0 cm³/mol. The van der Waals surface area contributed by atoms with Gasteiger partial charge in [-0.3, -0.25) is 4.79 Å². The first-order valence-electron chi connectivity index (χ1n) is 6.61. The van der Waals surface area contributed by atoms with E-state index in [0.717, 1.165) is 11.0 Å². The van der Waals surface area contributed by atoms with E-state index in [1.54, 1.807) is 7.05 Å². The zero-order valence-corrected chi connectivity index (χ0v) is 11.5. The van der Waals surface area contributed by atoms with Gasteiger partial charge in [-0.1, -0.05) is 12.1 Å². The Hall–Kier alpha value is -2.69. The Morgan fingerprint density at radius 3 is 2.62 bits per heavy atom. The van der Waals surface area contributed by atoms with Crippen LogP contribution in [0.15, 0.2) is 48.5 Å². The van der Waals surface area contributed by atoms with Crippen LogP contribution in [0, 0.1) is 5.82 Å². The van der Waals surface area contributed by atoms with Crippen LogP contribution < -0.4 is 5.32 Å². The van der Waals surface area contributed by atoms with Gasteiger partial charge >= 0.3 is 0 Å². The van der Waals surface area contributed by atoms with E-state index in [1.165, 1.54) is 24.3 Å². The molecule has 4 nitrogen and oxygen atoms in total. The molecule has 0 unspecified atom stereocenters. The molecule has 0 aliphatic carbocycles. The molecule has 0 bridgehead atoms. The number of hydrogen-bond donors (Lipinski definition) is 1. The SMILES string of the molecule is CNc1nc2ccccc2n1CC(=O)c1ccc(F)cc1. The molecule has 1 heterocycles. The highest BCUT2D eigenvalue weighted by molar-refractivity contribution is 5.97. The summed E-state index contributed by atoms with van der Waals surface area (Å²) in [5, 5.41) is 2.99. The van der Waals surface area contributed by atoms with Gasteiger partial charge in [0.05, 0.1) is 17.6 Å². The van der Waals surface area contributed by atoms with Gasteiger partial charge in [0.15, 0.2) is 5.78 Å². The molecule has 3 aromatic rings. The van der Waals surface area contributed by atoms with Gasteiger partial charge in [-0.25, -0.2) is 9.37 Å². The van der Waals surface area contributed by atoms with E-state index in [1.807, 2.05) is 28.8 Å². The van der Waals surface area contributed by atoms with Gasteiger partial charge in [-0.15, -0.1) is 0 Å². The third-order valence-corrected chi connectivity index (χ3v) is 3.35. The zero-order chi connectivity index (χ0) is 14.8. The Kier molecular flexibility index (Phi) is 3.39. The molecule has 1 aromatic heterocycles. The van der Waals surface area contributed by atoms with Crippen LogP contribution in [0.25, 0.3) is 11.0 Å². The van der Waals surface area contributed by atoms with Crippen LogP contribution in [0.2, 0.25) is 0 Å². The molecule has 0 fully saturated rings. The third-order valence-electron chi connectivity index (χ3n) is 3.35. The molecule has 1 N–H and O–H groups in total. The summed E-state index contributed by atoms with van der Waals surface area (Å²) >= 11 is 0. The van der Waals surface area contributed by atoms with Crippen LogP contribution in [0.1, 0.15) is 10.4 Å². The van der Waals surface area contributed by atoms with E-state index in [4.69, 9.17) is 0 Å². The van der Waals surface area contributed by atoms with Crippen LogP contribution in [-0.4, -0.2) is 22.4 Å². The molecule has 5 heteroatoms. The van der Waals surface area contributed by atoms with Crippen LogP contribution in [0.4, 0.5) is 10.3 Å². The number of hydrogen-bond acceptors (Lipinski definition) is 3. The van der Waals surface area contributed by atoms with Gasteiger partial charge in [-0.05, 0) is 36.4 Å². The highest BCUT2D eigenvalue weighted by Crippen LogP contribution is 2.20. The van der Waals surface area contributed by atoms with E-state index in [2.05, 4.69) is 10.3 Å². The Bertz CT molecular complexity index is 793. The van der Waals surface area contributed by atoms with Gasteiger partial charge in [0.1, 0.15) is 5.82 Å². The normalized spacial score (nSPS) is 10.8. The number of fused-ring (bicyclic) bond motifs is 1. The number of imidazole rings is 1. The fourth-order valence-electron chi connectivity index (χ4n) is 2.30. The maximum absolute atomic E-state index is 12.9. The summed E-state index contributed by atoms with van der Waals surface area (Å²) in [6, 6.07) is 13.2. The van der Waals surface area contributed by atoms with E-state index >= 15 is 0 Å². The largest absolute Gasteiger partial charge is 0.359 e. The number of aromatic nitrogens is 2. The lowest BCUT2D eigenvalue weighted by molar-refractivity contribution is 0.0974. The Labute approximate surface area is 121 Å². The van der Waals surface area contributed by atoms with E-state index < -0.39 is 0 Å². The molecule has 0 saturated carbocycles. The molecule has 0 amide bonds. The number of nitrogens with zero attached hydrogens (tertiary/aromatic N) is 2. The summed E-state index contributed by atoms with van der Waals surface area (Å²) in [6.45, 7) is 0.155. The van der Waals surface area contributed by atoms with E-state index in [0.29, 0.717) is 11.5 Å². The topological polar surface area (TPSA) is 46.9 Å². The van der Waals surface area contributed by atoms with Gasteiger partial charge in [0.2, 0.25) is 5.95 Å². The number of ketones is 1. The summed E-state index contributed by atoms with van der Waals surface area (Å²) in [6.07, 6.45) is 0. The molecular formula is C16H14FN3O. The lowest BCUT2D eigenvalue weighted by atomic mass is 10.1. The molecule has 0 radical (unpaired) electrons. The third kappa shape index (κ3) is 2.50. The molecule has 0 saturated heterocycles. The minimum atomic E-state index is -0.351. The lowest BCUT2D eigenvalue weighted by Gasteiger charge is -2.08. The van der Waals surface area contributed by atoms with Crippen molar-refractivity contribution < 1.29 is 9.18 Å². The van der Waals surface area contributed by atoms with Crippen molar-refractivity contribution >= 4 is 22.8 Å². The van der Waals surface area contributed by atoms with Crippen molar-refractivity contribution in [3.05, 3.63) is 59.9 Å². The molecular weight excluding hydrogens is 269 g/mol. The van der Waals surface area contributed by atoms with Gasteiger partial charge < -0.3 is 9.88 Å². The molecule has 106 valence electrons. The van der Waals surface area contributed by atoms with Crippen LogP contribution in [0.5, 0.6) is 0 Å². The number of Topliss-reactive ketones (excluding diaryl/α,β-unsaturated/α-hetero) is 1. The summed E-state index contributed by atoms with van der Waals surface area (Å²) in [5.74, 6) is 0.192. The Morgan fingerprint density at radius 2 is 1.90 bits per heavy atom. The first kappa shape index (κ1) is 13.3. The molecule has 0 spiro atoms. The van der Waals surface area contributed by atoms with Crippen molar-refractivity contribution in [2.24, 2.45) is 0 Å². The molecule has 21 heavy (non-hydrogen) atoms. The number of rotatable bonds is 4. The first-order valence-corrected chi connectivity index (χ1v) is 6.61. The summed E-state index contributed by atoms with van der Waals surface area (Å²) < 4.78 is 14.7. The number of benzene rings is 2. The van der Waals surface area contributed by atoms with Crippen molar-refractivity contribution in [1.29, 1.82) is 0 Å². The fourth-order valence-corrected chi connectivity index (χ4v) is 2.30. The van der Waals surface area contributed by atoms with Gasteiger partial charge in [-0.2, -0.15) is 0 Å². The monoisotopic (exact) mass is 283 g/mol. The minimum absolute atomic E-state index is 0.0883. The number of halogens is 1. The van der Waals surface area contributed by atoms with Crippen LogP contribution >= 0.6 is 0 Å². The molecule has 0 aliphatic rings. The maximum Gasteiger partial charge on any atom is 0.204 e. The summed E-state index contributed by atoms with van der Waals surface area (Å²) in [5.41, 5.74) is 2.20. The second-order valence-electron chi connectivity index (χ2n) is 4.69. The average Bonchev–Trinajstić information content (AvgIpc) is 2.86. The predicted octanol–water partition coefficient (Wildman–Crippen LogP) is 3.10. The van der Waals surface area contributed by atoms with Crippen molar-refractivity contribution in [3.63, 3.8) is 0 Å². The van der Waals surface area contributed by atoms with Crippen LogP contribution in [-0.2, 0) is 6.54 Å². The minimum Gasteiger partial charge on any atom is -0.359 e. The smallest absolute Gasteiger partial charge is 0.204 e. The molecule has 0 aliphatic heterocycles. The number of anilines is 1. The number of carbonyl (C=O) groups excluding carboxylic acids is 1. The number of nitrogens with one attached hydrogen (secondary N) is 1. The molecule has 2 aromatic carbocycles. The highest BCUT2D eigenvalue weighted by Gasteiger charge is 2.13.